The molecule has 44 heavy (non-hydrogen) atoms. The Kier molecular flexibility index (Phi) is 8.41. The van der Waals surface area contributed by atoms with Crippen LogP contribution in [0.1, 0.15) is 55.1 Å². The number of methoxy groups -OCH3 is 1. The maximum Gasteiger partial charge on any atom is 0.426 e. The van der Waals surface area contributed by atoms with Crippen molar-refractivity contribution >= 4 is 23.1 Å². The number of carbonyl (C=O) groups excluding carboxylic acids is 2. The van der Waals surface area contributed by atoms with Crippen molar-refractivity contribution in [2.24, 2.45) is 0 Å². The number of aromatic nitrogens is 4. The van der Waals surface area contributed by atoms with Crippen molar-refractivity contribution in [3.63, 3.8) is 0 Å². The predicted molar refractivity (Wildman–Crippen MR) is 150 cm³/mol. The van der Waals surface area contributed by atoms with Gasteiger partial charge in [-0.2, -0.15) is 18.3 Å². The second kappa shape index (κ2) is 11.8. The lowest BCUT2D eigenvalue weighted by Gasteiger charge is -2.32. The van der Waals surface area contributed by atoms with E-state index in [1.165, 1.54) is 32.1 Å². The lowest BCUT2D eigenvalue weighted by Crippen LogP contribution is -2.56. The Hall–Kier alpha value is -4.05. The van der Waals surface area contributed by atoms with E-state index in [2.05, 4.69) is 32.2 Å². The van der Waals surface area contributed by atoms with Crippen molar-refractivity contribution in [2.45, 2.75) is 63.1 Å². The van der Waals surface area contributed by atoms with E-state index in [1.807, 2.05) is 6.07 Å². The number of anilines is 1. The van der Waals surface area contributed by atoms with Crippen molar-refractivity contribution in [3.05, 3.63) is 35.8 Å². The van der Waals surface area contributed by atoms with E-state index in [9.17, 15) is 32.3 Å². The number of alkyl halides is 4. The van der Waals surface area contributed by atoms with E-state index >= 15 is 0 Å². The number of pyridine rings is 1. The second-order valence-corrected chi connectivity index (χ2v) is 11.3. The molecule has 0 aromatic carbocycles. The van der Waals surface area contributed by atoms with Crippen molar-refractivity contribution in [1.29, 1.82) is 0 Å². The van der Waals surface area contributed by atoms with Gasteiger partial charge in [-0.25, -0.2) is 18.9 Å². The van der Waals surface area contributed by atoms with Gasteiger partial charge in [0.15, 0.2) is 5.82 Å². The van der Waals surface area contributed by atoms with E-state index in [0.29, 0.717) is 28.6 Å². The van der Waals surface area contributed by atoms with Gasteiger partial charge < -0.3 is 25.8 Å². The molecule has 12 nitrogen and oxygen atoms in total. The molecule has 0 radical (unpaired) electrons. The van der Waals surface area contributed by atoms with Crippen LogP contribution in [-0.2, 0) is 4.79 Å². The third kappa shape index (κ3) is 5.63. The number of nitrogens with one attached hydrogen (secondary N) is 1. The summed E-state index contributed by atoms with van der Waals surface area (Å²) in [6.45, 7) is 2.94. The first-order chi connectivity index (χ1) is 20.7. The van der Waals surface area contributed by atoms with E-state index in [-0.39, 0.29) is 23.3 Å². The monoisotopic (exact) mass is 622 g/mol. The zero-order chi connectivity index (χ0) is 32.0. The molecule has 2 amide bonds. The van der Waals surface area contributed by atoms with E-state index in [1.54, 1.807) is 4.52 Å². The summed E-state index contributed by atoms with van der Waals surface area (Å²) >= 11 is 0. The van der Waals surface area contributed by atoms with Gasteiger partial charge >= 0.3 is 6.18 Å². The van der Waals surface area contributed by atoms with Crippen LogP contribution in [0.3, 0.4) is 0 Å². The number of nitrogens with zero attached hydrogens (tertiary/aromatic N) is 6. The van der Waals surface area contributed by atoms with Crippen LogP contribution in [0.25, 0.3) is 16.8 Å². The molecular formula is C28H34F4N8O4. The molecule has 2 fully saturated rings. The number of carbonyl (C=O) groups is 2. The SMILES string of the molecule is COc1ncc(-c2cc(C(C)N3CCCCC3)c3c(N)ncnn23)cc1C(=O)N[C@@H]1CN(C(=O)[C@](C)(O)C(F)(F)F)C[C@@H]1F. The van der Waals surface area contributed by atoms with Crippen LogP contribution >= 0.6 is 0 Å². The van der Waals surface area contributed by atoms with Gasteiger partial charge in [-0.1, -0.05) is 6.42 Å². The number of nitrogens with two attached hydrogens (primary N) is 1. The molecule has 4 atom stereocenters. The smallest absolute Gasteiger partial charge is 0.426 e. The Morgan fingerprint density at radius 3 is 2.52 bits per heavy atom. The molecule has 0 saturated carbocycles. The van der Waals surface area contributed by atoms with Crippen LogP contribution in [0.4, 0.5) is 23.4 Å². The Balaban J connectivity index is 1.44. The number of amides is 2. The van der Waals surface area contributed by atoms with E-state index in [4.69, 9.17) is 10.5 Å². The van der Waals surface area contributed by atoms with Crippen LogP contribution in [0.5, 0.6) is 5.88 Å². The fraction of sp³-hybridized carbons (Fsp3) is 0.536. The summed E-state index contributed by atoms with van der Waals surface area (Å²) in [7, 11) is 1.30. The minimum absolute atomic E-state index is 0.00559. The Morgan fingerprint density at radius 1 is 1.16 bits per heavy atom. The minimum Gasteiger partial charge on any atom is -0.480 e. The molecule has 3 aromatic heterocycles. The maximum atomic E-state index is 14.9. The molecule has 2 aliphatic rings. The summed E-state index contributed by atoms with van der Waals surface area (Å²) in [4.78, 5) is 37.1. The molecule has 5 rings (SSSR count). The summed E-state index contributed by atoms with van der Waals surface area (Å²) in [5.74, 6) is -2.33. The van der Waals surface area contributed by atoms with Crippen molar-refractivity contribution in [3.8, 4) is 17.1 Å². The number of halogens is 4. The quantitative estimate of drug-likeness (QED) is 0.338. The molecule has 0 aliphatic carbocycles. The Bertz CT molecular complexity index is 1560. The largest absolute Gasteiger partial charge is 0.480 e. The minimum atomic E-state index is -5.26. The van der Waals surface area contributed by atoms with Crippen LogP contribution in [0.15, 0.2) is 24.7 Å². The Labute approximate surface area is 250 Å². The lowest BCUT2D eigenvalue weighted by molar-refractivity contribution is -0.249. The molecular weight excluding hydrogens is 588 g/mol. The summed E-state index contributed by atoms with van der Waals surface area (Å²) in [5, 5.41) is 16.6. The first-order valence-corrected chi connectivity index (χ1v) is 14.2. The summed E-state index contributed by atoms with van der Waals surface area (Å²) in [5.41, 5.74) is 5.05. The van der Waals surface area contributed by atoms with Gasteiger partial charge in [0.1, 0.15) is 23.6 Å². The summed E-state index contributed by atoms with van der Waals surface area (Å²) in [6.07, 6.45) is -1.00. The number of ether oxygens (including phenoxy) is 1. The van der Waals surface area contributed by atoms with Crippen LogP contribution in [0.2, 0.25) is 0 Å². The van der Waals surface area contributed by atoms with E-state index < -0.39 is 48.9 Å². The van der Waals surface area contributed by atoms with Crippen molar-refractivity contribution < 1.29 is 37.0 Å². The highest BCUT2D eigenvalue weighted by Crippen LogP contribution is 2.36. The molecule has 3 aromatic rings. The normalized spacial score (nSPS) is 21.7. The third-order valence-corrected chi connectivity index (χ3v) is 8.41. The highest BCUT2D eigenvalue weighted by molar-refractivity contribution is 5.98. The standard InChI is InChI=1S/C28H34F4N8O4/c1-15(38-7-5-4-6-8-38)17-10-21(40-22(17)23(33)35-14-36-40)16-9-18(25(44-3)34-11-16)24(41)37-20-13-39(12-19(20)29)26(42)27(2,43)28(30,31)32/h9-11,14-15,19-20,43H,4-8,12-13H2,1-3H3,(H,37,41)(H2,33,35,36)/t15?,19-,20+,27-/m0/s1. The Morgan fingerprint density at radius 2 is 1.86 bits per heavy atom. The van der Waals surface area contributed by atoms with Gasteiger partial charge in [0.2, 0.25) is 11.5 Å². The van der Waals surface area contributed by atoms with Gasteiger partial charge in [-0.3, -0.25) is 14.5 Å². The molecule has 1 unspecified atom stereocenters. The highest BCUT2D eigenvalue weighted by Gasteiger charge is 2.58. The number of fused-ring (bicyclic) bond motifs is 1. The number of likely N-dealkylation sites (tertiary alicyclic amines) is 2. The predicted octanol–water partition coefficient (Wildman–Crippen LogP) is 2.52. The average Bonchev–Trinajstić information content (AvgIpc) is 3.57. The number of rotatable bonds is 7. The zero-order valence-corrected chi connectivity index (χ0v) is 24.4. The van der Waals surface area contributed by atoms with Gasteiger partial charge in [0.05, 0.1) is 25.4 Å². The third-order valence-electron chi connectivity index (χ3n) is 8.41. The van der Waals surface area contributed by atoms with Crippen molar-refractivity contribution in [1.82, 2.24) is 34.7 Å². The maximum absolute atomic E-state index is 14.9. The second-order valence-electron chi connectivity index (χ2n) is 11.3. The molecule has 0 bridgehead atoms. The van der Waals surface area contributed by atoms with Gasteiger partial charge in [-0.15, -0.1) is 0 Å². The van der Waals surface area contributed by atoms with Crippen LogP contribution in [0, 0.1) is 0 Å². The topological polar surface area (TPSA) is 151 Å². The molecule has 0 spiro atoms. The molecule has 16 heteroatoms. The number of aliphatic hydroxyl groups is 1. The van der Waals surface area contributed by atoms with Gasteiger partial charge in [0.25, 0.3) is 11.8 Å². The molecule has 2 aliphatic heterocycles. The van der Waals surface area contributed by atoms with Gasteiger partial charge in [-0.05, 0) is 51.9 Å². The van der Waals surface area contributed by atoms with Crippen LogP contribution in [-0.4, -0.2) is 104 Å². The first kappa shape index (κ1) is 31.4. The van der Waals surface area contributed by atoms with Gasteiger partial charge in [0, 0.05) is 29.9 Å². The molecule has 5 heterocycles. The number of piperidine rings is 1. The fourth-order valence-corrected chi connectivity index (χ4v) is 5.78. The lowest BCUT2D eigenvalue weighted by atomic mass is 10.0. The highest BCUT2D eigenvalue weighted by atomic mass is 19.4. The van der Waals surface area contributed by atoms with E-state index in [0.717, 1.165) is 31.5 Å². The molecule has 4 N–H and O–H groups in total. The molecule has 2 saturated heterocycles. The summed E-state index contributed by atoms with van der Waals surface area (Å²) < 4.78 is 61.3. The van der Waals surface area contributed by atoms with Crippen molar-refractivity contribution in [2.75, 3.05) is 39.0 Å². The number of hydrogen-bond acceptors (Lipinski definition) is 9. The fourth-order valence-electron chi connectivity index (χ4n) is 5.78. The summed E-state index contributed by atoms with van der Waals surface area (Å²) in [6, 6.07) is 2.04. The number of nitrogen functional groups attached to an aromatic ring is 1. The zero-order valence-electron chi connectivity index (χ0n) is 24.4. The first-order valence-electron chi connectivity index (χ1n) is 14.2. The molecule has 238 valence electrons. The van der Waals surface area contributed by atoms with Crippen LogP contribution < -0.4 is 15.8 Å². The average molecular weight is 623 g/mol. The number of hydrogen-bond donors (Lipinski definition) is 3.